The van der Waals surface area contributed by atoms with Crippen molar-refractivity contribution in [2.75, 3.05) is 0 Å². The van der Waals surface area contributed by atoms with E-state index in [0.29, 0.717) is 0 Å². The van der Waals surface area contributed by atoms with Gasteiger partial charge in [-0.2, -0.15) is 0 Å². The van der Waals surface area contributed by atoms with Crippen LogP contribution in [0.5, 0.6) is 0 Å². The van der Waals surface area contributed by atoms with Gasteiger partial charge >= 0.3 is 0 Å². The summed E-state index contributed by atoms with van der Waals surface area (Å²) in [4.78, 5) is 113. The summed E-state index contributed by atoms with van der Waals surface area (Å²) in [5, 5.41) is 84.3. The quantitative estimate of drug-likeness (QED) is 0.0954. The number of nitrogens with two attached hydrogens (primary N) is 1. The van der Waals surface area contributed by atoms with Crippen molar-refractivity contribution in [1.29, 1.82) is 0 Å². The van der Waals surface area contributed by atoms with Crippen LogP contribution >= 0.6 is 0 Å². The lowest BCUT2D eigenvalue weighted by Crippen LogP contribution is -2.37. The third-order valence-corrected chi connectivity index (χ3v) is 11.8. The molecule has 5 rings (SSSR count). The Morgan fingerprint density at radius 1 is 0.516 bits per heavy atom. The summed E-state index contributed by atoms with van der Waals surface area (Å²) < 4.78 is 0. The van der Waals surface area contributed by atoms with E-state index in [9.17, 15) is 74.1 Å². The first-order chi connectivity index (χ1) is 29.0. The SMILES string of the molecule is C[C@@]1(CC(N)=O)c2cc3[nH]c(cc4[nH]c(cc5nc(cc(n2)[C@H]1CCC(=O)[O-])[C@@](C)(CC(=O)[O-])[C@@H]5CCC(=O)[O-])c(CC(=O)[O-])c4CCC(=O)[O-])c(CCC(=O)[O-])c3CC(=O)[O-]. The zero-order valence-electron chi connectivity index (χ0n) is 33.5. The van der Waals surface area contributed by atoms with Crippen molar-refractivity contribution < 1.29 is 74.1 Å². The fourth-order valence-corrected chi connectivity index (χ4v) is 8.93. The highest BCUT2D eigenvalue weighted by molar-refractivity contribution is 5.85. The van der Waals surface area contributed by atoms with E-state index < -0.39 is 122 Å². The molecule has 20 nitrogen and oxygen atoms in total. The van der Waals surface area contributed by atoms with Crippen molar-refractivity contribution in [3.05, 3.63) is 69.3 Å². The first-order valence-electron chi connectivity index (χ1n) is 19.5. The maximum absolute atomic E-state index is 12.8. The summed E-state index contributed by atoms with van der Waals surface area (Å²) in [7, 11) is 0. The van der Waals surface area contributed by atoms with Crippen LogP contribution in [0.3, 0.4) is 0 Å². The Bertz CT molecular complexity index is 2540. The van der Waals surface area contributed by atoms with E-state index in [2.05, 4.69) is 9.97 Å². The Kier molecular flexibility index (Phi) is 13.5. The van der Waals surface area contributed by atoms with Gasteiger partial charge in [-0.25, -0.2) is 0 Å². The number of H-pyrrole nitrogens is 2. The number of aryl methyl sites for hydroxylation is 2. The molecule has 8 bridgehead atoms. The van der Waals surface area contributed by atoms with Crippen molar-refractivity contribution in [3.63, 3.8) is 0 Å². The number of carboxylic acids is 7. The maximum Gasteiger partial charge on any atom is 0.218 e. The molecule has 0 saturated carbocycles. The average Bonchev–Trinajstić information content (AvgIpc) is 3.77. The topological polar surface area (TPSA) is 381 Å². The molecule has 4 N–H and O–H groups in total. The van der Waals surface area contributed by atoms with Gasteiger partial charge in [0, 0.05) is 129 Å². The lowest BCUT2D eigenvalue weighted by atomic mass is 9.69. The monoisotopic (exact) mass is 854 g/mol. The zero-order chi connectivity index (χ0) is 45.8. The van der Waals surface area contributed by atoms with Crippen LogP contribution in [0, 0.1) is 0 Å². The third-order valence-electron chi connectivity index (χ3n) is 11.8. The summed E-state index contributed by atoms with van der Waals surface area (Å²) in [5.41, 5.74) is 3.14. The first kappa shape index (κ1) is 46.0. The van der Waals surface area contributed by atoms with Crippen LogP contribution in [0.4, 0.5) is 0 Å². The molecular weight excluding hydrogens is 814 g/mol. The van der Waals surface area contributed by atoms with Crippen LogP contribution in [0.25, 0.3) is 22.1 Å². The Morgan fingerprint density at radius 2 is 0.903 bits per heavy atom. The van der Waals surface area contributed by atoms with Gasteiger partial charge in [-0.15, -0.1) is 0 Å². The van der Waals surface area contributed by atoms with E-state index in [-0.39, 0.29) is 92.8 Å². The predicted octanol–water partition coefficient (Wildman–Crippen LogP) is -5.58. The van der Waals surface area contributed by atoms with Gasteiger partial charge in [-0.05, 0) is 104 Å². The van der Waals surface area contributed by atoms with Crippen molar-refractivity contribution >= 4 is 69.8 Å². The molecule has 0 aliphatic carbocycles. The number of aliphatic carboxylic acids is 7. The number of nitrogens with one attached hydrogen (secondary N) is 2. The molecule has 2 aliphatic heterocycles. The maximum atomic E-state index is 12.8. The first-order valence-corrected chi connectivity index (χ1v) is 19.5. The van der Waals surface area contributed by atoms with E-state index in [0.717, 1.165) is 0 Å². The second-order valence-corrected chi connectivity index (χ2v) is 16.0. The van der Waals surface area contributed by atoms with Gasteiger partial charge in [0.1, 0.15) is 0 Å². The molecule has 0 saturated heterocycles. The number of carboxylic acid groups (broad SMARTS) is 7. The highest BCUT2D eigenvalue weighted by Gasteiger charge is 2.47. The van der Waals surface area contributed by atoms with E-state index >= 15 is 0 Å². The van der Waals surface area contributed by atoms with Crippen LogP contribution in [0.1, 0.15) is 122 Å². The Hall–Kier alpha value is -7.12. The van der Waals surface area contributed by atoms with E-state index in [1.807, 2.05) is 0 Å². The lowest BCUT2D eigenvalue weighted by molar-refractivity contribution is -0.308. The smallest absolute Gasteiger partial charge is 0.218 e. The van der Waals surface area contributed by atoms with Crippen molar-refractivity contribution in [3.8, 4) is 0 Å². The largest absolute Gasteiger partial charge is 0.550 e. The summed E-state index contributed by atoms with van der Waals surface area (Å²) in [5.74, 6) is -13.7. The molecule has 0 spiro atoms. The van der Waals surface area contributed by atoms with Crippen LogP contribution in [0.2, 0.25) is 0 Å². The normalized spacial score (nSPS) is 19.5. The molecule has 62 heavy (non-hydrogen) atoms. The van der Waals surface area contributed by atoms with E-state index in [1.165, 1.54) is 31.2 Å². The second-order valence-electron chi connectivity index (χ2n) is 16.0. The molecule has 0 aromatic carbocycles. The molecule has 330 valence electrons. The number of fused-ring (bicyclic) bond motifs is 8. The summed E-state index contributed by atoms with van der Waals surface area (Å²) in [6, 6.07) is 5.44. The molecule has 2 aliphatic rings. The number of nitrogens with zero attached hydrogens (tertiary/aromatic N) is 2. The number of hydrogen-bond acceptors (Lipinski definition) is 17. The second kappa shape index (κ2) is 18.2. The van der Waals surface area contributed by atoms with Gasteiger partial charge in [0.25, 0.3) is 0 Å². The van der Waals surface area contributed by atoms with Gasteiger partial charge in [0.15, 0.2) is 0 Å². The number of amides is 1. The standard InChI is InChI=1S/C42H47N5O15/c1-41(17-33(43)48)24(6-10-37(55)56)30-16-32-42(2,18-40(61)62)23(5-9-36(53)54)29(46-32)14-27-21(11-38(57)58)19(3-7-34(49)50)25(44-27)13-26-20(4-8-35(51)52)22(12-39(59)60)28(45-26)15-31(41)47-30/h13-16,23-24,44-45H,3-12,17-18H2,1-2H3,(H2,43,48)(H,49,50)(H,51,52)(H,53,54)(H,55,56)(H,57,58)(H,59,60)(H,61,62)/p-7/t23-,24-,41+,42+/m1/s1. The lowest BCUT2D eigenvalue weighted by Gasteiger charge is -2.33. The molecule has 0 fully saturated rings. The Morgan fingerprint density at radius 3 is 1.31 bits per heavy atom. The molecule has 0 unspecified atom stereocenters. The van der Waals surface area contributed by atoms with Gasteiger partial charge < -0.3 is 85.0 Å². The summed E-state index contributed by atoms with van der Waals surface area (Å²) >= 11 is 0. The number of primary amides is 1. The number of aromatic amines is 2. The van der Waals surface area contributed by atoms with Crippen molar-refractivity contribution in [2.24, 2.45) is 5.73 Å². The zero-order valence-corrected chi connectivity index (χ0v) is 33.5. The van der Waals surface area contributed by atoms with Gasteiger partial charge in [0.05, 0.1) is 0 Å². The van der Waals surface area contributed by atoms with Crippen molar-refractivity contribution in [1.82, 2.24) is 19.9 Å². The van der Waals surface area contributed by atoms with E-state index in [4.69, 9.17) is 15.7 Å². The van der Waals surface area contributed by atoms with Crippen LogP contribution in [-0.4, -0.2) is 67.6 Å². The summed E-state index contributed by atoms with van der Waals surface area (Å²) in [6.45, 7) is 3.03. The molecule has 5 heterocycles. The molecule has 3 aromatic heterocycles. The highest BCUT2D eigenvalue weighted by atomic mass is 16.4. The predicted molar refractivity (Wildman–Crippen MR) is 197 cm³/mol. The molecule has 20 heteroatoms. The number of rotatable bonds is 20. The summed E-state index contributed by atoms with van der Waals surface area (Å²) in [6.07, 6.45) is -6.43. The minimum atomic E-state index is -1.61. The Labute approximate surface area is 351 Å². The molecule has 4 atom stereocenters. The molecule has 3 aromatic rings. The third kappa shape index (κ3) is 10.1. The fourth-order valence-electron chi connectivity index (χ4n) is 8.93. The van der Waals surface area contributed by atoms with Crippen LogP contribution < -0.4 is 41.5 Å². The van der Waals surface area contributed by atoms with Gasteiger partial charge in [-0.1, -0.05) is 13.8 Å². The number of hydrogen-bond donors (Lipinski definition) is 3. The number of aromatic nitrogens is 4. The Balaban J connectivity index is 2.11. The fraction of sp³-hybridized carbons (Fsp3) is 0.429. The van der Waals surface area contributed by atoms with E-state index in [1.54, 1.807) is 6.92 Å². The van der Waals surface area contributed by atoms with Crippen molar-refractivity contribution in [2.45, 2.75) is 114 Å². The number of carbonyl (C=O) groups excluding carboxylic acids is 8. The molecule has 0 radical (unpaired) electrons. The van der Waals surface area contributed by atoms with Gasteiger partial charge in [-0.3, -0.25) is 14.8 Å². The molecule has 1 amide bonds. The number of carbonyl (C=O) groups is 8. The van der Waals surface area contributed by atoms with Gasteiger partial charge in [0.2, 0.25) is 5.91 Å². The average molecular weight is 855 g/mol. The molecular formula is C42H40N5O15-7. The minimum absolute atomic E-state index is 0.00414. The minimum Gasteiger partial charge on any atom is -0.550 e. The highest BCUT2D eigenvalue weighted by Crippen LogP contribution is 2.51. The van der Waals surface area contributed by atoms with Crippen LogP contribution in [-0.2, 0) is 74.9 Å². The van der Waals surface area contributed by atoms with Crippen LogP contribution in [0.15, 0.2) is 24.3 Å².